The van der Waals surface area contributed by atoms with E-state index >= 15 is 0 Å². The van der Waals surface area contributed by atoms with Crippen molar-refractivity contribution in [2.45, 2.75) is 38.9 Å². The quantitative estimate of drug-likeness (QED) is 0.367. The minimum absolute atomic E-state index is 0.176. The first-order valence-electron chi connectivity index (χ1n) is 4.75. The third-order valence-corrected chi connectivity index (χ3v) is 2.39. The molecule has 16 heavy (non-hydrogen) atoms. The lowest BCUT2D eigenvalue weighted by Crippen LogP contribution is -2.32. The van der Waals surface area contributed by atoms with Crippen molar-refractivity contribution in [2.75, 3.05) is 6.26 Å². The molecule has 0 fully saturated rings. The molecule has 0 radical (unpaired) electrons. The smallest absolute Gasteiger partial charge is 0.302 e. The largest absolute Gasteiger partial charge is 0.460 e. The van der Waals surface area contributed by atoms with Crippen molar-refractivity contribution in [2.24, 2.45) is 0 Å². The summed E-state index contributed by atoms with van der Waals surface area (Å²) in [4.78, 5) is 21.0. The second kappa shape index (κ2) is 6.59. The van der Waals surface area contributed by atoms with Crippen LogP contribution in [-0.4, -0.2) is 39.1 Å². The van der Waals surface area contributed by atoms with E-state index in [4.69, 9.17) is 4.74 Å². The minimum Gasteiger partial charge on any atom is -0.460 e. The highest BCUT2D eigenvalue weighted by Gasteiger charge is 2.24. The number of carbonyl (C=O) groups is 2. The summed E-state index contributed by atoms with van der Waals surface area (Å²) in [6.07, 6.45) is 0.448. The fraction of sp³-hybridized carbons (Fsp3) is 0.778. The first-order chi connectivity index (χ1) is 7.26. The molecule has 0 bridgehead atoms. The molecule has 0 heterocycles. The lowest BCUT2D eigenvalue weighted by Gasteiger charge is -2.22. The standard InChI is InChI=1S/C9H16O6S/c1-7(15-16(3,12)13)9(5-4-6-10)14-8(2)11/h6-7,9H,4-5H2,1-3H3/t7-,9+/m0/s1. The van der Waals surface area contributed by atoms with Gasteiger partial charge in [0.05, 0.1) is 6.26 Å². The zero-order chi connectivity index (χ0) is 12.8. The third-order valence-electron chi connectivity index (χ3n) is 1.74. The Morgan fingerprint density at radius 1 is 1.44 bits per heavy atom. The highest BCUT2D eigenvalue weighted by atomic mass is 32.2. The summed E-state index contributed by atoms with van der Waals surface area (Å²) in [5.74, 6) is -0.542. The van der Waals surface area contributed by atoms with Crippen molar-refractivity contribution in [3.05, 3.63) is 0 Å². The maximum atomic E-state index is 10.9. The van der Waals surface area contributed by atoms with Gasteiger partial charge in [-0.05, 0) is 13.3 Å². The Morgan fingerprint density at radius 3 is 2.38 bits per heavy atom. The summed E-state index contributed by atoms with van der Waals surface area (Å²) < 4.78 is 31.3. The number of hydrogen-bond donors (Lipinski definition) is 0. The average Bonchev–Trinajstić information content (AvgIpc) is 2.08. The van der Waals surface area contributed by atoms with Crippen molar-refractivity contribution >= 4 is 22.4 Å². The van der Waals surface area contributed by atoms with Gasteiger partial charge < -0.3 is 9.53 Å². The molecule has 0 aliphatic carbocycles. The molecule has 0 saturated carbocycles. The Morgan fingerprint density at radius 2 is 2.00 bits per heavy atom. The summed E-state index contributed by atoms with van der Waals surface area (Å²) in [7, 11) is -3.61. The summed E-state index contributed by atoms with van der Waals surface area (Å²) in [6.45, 7) is 2.68. The van der Waals surface area contributed by atoms with Crippen LogP contribution in [0.15, 0.2) is 0 Å². The predicted octanol–water partition coefficient (Wildman–Crippen LogP) is 0.262. The van der Waals surface area contributed by atoms with E-state index in [2.05, 4.69) is 4.18 Å². The Balaban J connectivity index is 4.47. The molecule has 6 nitrogen and oxygen atoms in total. The molecule has 94 valence electrons. The fourth-order valence-corrected chi connectivity index (χ4v) is 1.85. The molecule has 0 unspecified atom stereocenters. The average molecular weight is 252 g/mol. The molecule has 0 aliphatic rings. The Bertz CT molecular complexity index is 334. The van der Waals surface area contributed by atoms with Gasteiger partial charge in [-0.1, -0.05) is 0 Å². The molecule has 0 aromatic carbocycles. The lowest BCUT2D eigenvalue weighted by molar-refractivity contribution is -0.151. The van der Waals surface area contributed by atoms with Gasteiger partial charge in [0.25, 0.3) is 10.1 Å². The zero-order valence-corrected chi connectivity index (χ0v) is 10.3. The Kier molecular flexibility index (Phi) is 6.20. The van der Waals surface area contributed by atoms with Crippen LogP contribution in [0.1, 0.15) is 26.7 Å². The SMILES string of the molecule is CC(=O)O[C@H](CCC=O)[C@H](C)OS(C)(=O)=O. The molecule has 0 spiro atoms. The van der Waals surface area contributed by atoms with Gasteiger partial charge in [-0.2, -0.15) is 8.42 Å². The normalized spacial score (nSPS) is 15.2. The second-order valence-corrected chi connectivity index (χ2v) is 5.00. The second-order valence-electron chi connectivity index (χ2n) is 3.40. The topological polar surface area (TPSA) is 86.7 Å². The molecule has 2 atom stereocenters. The maximum absolute atomic E-state index is 10.9. The number of ether oxygens (including phenoxy) is 1. The van der Waals surface area contributed by atoms with E-state index < -0.39 is 28.3 Å². The van der Waals surface area contributed by atoms with E-state index in [1.165, 1.54) is 13.8 Å². The third kappa shape index (κ3) is 7.36. The van der Waals surface area contributed by atoms with Crippen molar-refractivity contribution in [3.63, 3.8) is 0 Å². The van der Waals surface area contributed by atoms with E-state index in [0.717, 1.165) is 6.26 Å². The van der Waals surface area contributed by atoms with Crippen molar-refractivity contribution in [1.29, 1.82) is 0 Å². The summed E-state index contributed by atoms with van der Waals surface area (Å²) in [6, 6.07) is 0. The van der Waals surface area contributed by atoms with Crippen LogP contribution in [-0.2, 0) is 28.6 Å². The van der Waals surface area contributed by atoms with Crippen LogP contribution in [0.4, 0.5) is 0 Å². The monoisotopic (exact) mass is 252 g/mol. The molecule has 0 saturated heterocycles. The molecular formula is C9H16O6S. The van der Waals surface area contributed by atoms with Gasteiger partial charge in [-0.15, -0.1) is 0 Å². The number of carbonyl (C=O) groups excluding carboxylic acids is 2. The van der Waals surface area contributed by atoms with Crippen LogP contribution in [0.3, 0.4) is 0 Å². The van der Waals surface area contributed by atoms with E-state index in [1.54, 1.807) is 0 Å². The van der Waals surface area contributed by atoms with Crippen LogP contribution in [0, 0.1) is 0 Å². The van der Waals surface area contributed by atoms with Gasteiger partial charge in [0.1, 0.15) is 18.5 Å². The molecule has 0 amide bonds. The number of hydrogen-bond acceptors (Lipinski definition) is 6. The van der Waals surface area contributed by atoms with E-state index in [-0.39, 0.29) is 12.8 Å². The summed E-state index contributed by atoms with van der Waals surface area (Å²) in [5.41, 5.74) is 0. The molecular weight excluding hydrogens is 236 g/mol. The lowest BCUT2D eigenvalue weighted by atomic mass is 10.1. The van der Waals surface area contributed by atoms with Crippen molar-refractivity contribution in [1.82, 2.24) is 0 Å². The number of esters is 1. The van der Waals surface area contributed by atoms with Crippen LogP contribution < -0.4 is 0 Å². The molecule has 7 heteroatoms. The van der Waals surface area contributed by atoms with Gasteiger partial charge in [-0.3, -0.25) is 8.98 Å². The van der Waals surface area contributed by atoms with E-state index in [9.17, 15) is 18.0 Å². The first-order valence-corrected chi connectivity index (χ1v) is 6.57. The molecule has 0 aliphatic heterocycles. The number of aldehydes is 1. The zero-order valence-electron chi connectivity index (χ0n) is 9.50. The van der Waals surface area contributed by atoms with Gasteiger partial charge >= 0.3 is 5.97 Å². The molecule has 0 aromatic rings. The van der Waals surface area contributed by atoms with E-state index in [0.29, 0.717) is 6.29 Å². The molecule has 0 aromatic heterocycles. The number of rotatable bonds is 7. The van der Waals surface area contributed by atoms with Crippen molar-refractivity contribution < 1.29 is 26.9 Å². The predicted molar refractivity (Wildman–Crippen MR) is 56.2 cm³/mol. The van der Waals surface area contributed by atoms with Crippen LogP contribution in [0.2, 0.25) is 0 Å². The van der Waals surface area contributed by atoms with E-state index in [1.807, 2.05) is 0 Å². The van der Waals surface area contributed by atoms with Crippen LogP contribution >= 0.6 is 0 Å². The van der Waals surface area contributed by atoms with Crippen molar-refractivity contribution in [3.8, 4) is 0 Å². The first kappa shape index (κ1) is 15.0. The Labute approximate surface area is 95.0 Å². The highest BCUT2D eigenvalue weighted by molar-refractivity contribution is 7.86. The summed E-state index contributed by atoms with van der Waals surface area (Å²) in [5, 5.41) is 0. The maximum Gasteiger partial charge on any atom is 0.302 e. The molecule has 0 rings (SSSR count). The van der Waals surface area contributed by atoms with Gasteiger partial charge in [0.2, 0.25) is 0 Å². The van der Waals surface area contributed by atoms with Crippen LogP contribution in [0.25, 0.3) is 0 Å². The van der Waals surface area contributed by atoms with Gasteiger partial charge in [0.15, 0.2) is 0 Å². The van der Waals surface area contributed by atoms with Gasteiger partial charge in [0, 0.05) is 13.3 Å². The van der Waals surface area contributed by atoms with Gasteiger partial charge in [-0.25, -0.2) is 0 Å². The fourth-order valence-electron chi connectivity index (χ4n) is 1.17. The highest BCUT2D eigenvalue weighted by Crippen LogP contribution is 2.12. The minimum atomic E-state index is -3.61. The summed E-state index contributed by atoms with van der Waals surface area (Å²) >= 11 is 0. The van der Waals surface area contributed by atoms with Crippen LogP contribution in [0.5, 0.6) is 0 Å². The molecule has 0 N–H and O–H groups in total. The Hall–Kier alpha value is -0.950.